The maximum Gasteiger partial charge on any atom is 0.374 e. The van der Waals surface area contributed by atoms with E-state index in [4.69, 9.17) is 5.10 Å². The average Bonchev–Trinajstić information content (AvgIpc) is 3.00. The highest BCUT2D eigenvalue weighted by Crippen LogP contribution is 2.42. The number of carbonyl (C=O) groups is 1. The molecule has 0 aliphatic carbocycles. The molecule has 2 aliphatic rings. The number of aromatic nitrogens is 3. The number of amides is 1. The molecule has 1 atom stereocenters. The van der Waals surface area contributed by atoms with E-state index < -0.39 is 5.66 Å². The van der Waals surface area contributed by atoms with E-state index in [-0.39, 0.29) is 11.5 Å². The van der Waals surface area contributed by atoms with Crippen molar-refractivity contribution in [3.63, 3.8) is 0 Å². The Morgan fingerprint density at radius 1 is 1.17 bits per heavy atom. The highest BCUT2D eigenvalue weighted by atomic mass is 79.9. The number of anilines is 2. The topological polar surface area (TPSA) is 90.8 Å². The minimum absolute atomic E-state index is 0.270. The lowest BCUT2D eigenvalue weighted by Crippen LogP contribution is -2.71. The molecule has 7 nitrogen and oxygen atoms in total. The number of nitrogens with one attached hydrogen (secondary N) is 3. The van der Waals surface area contributed by atoms with Gasteiger partial charge in [0.05, 0.1) is 22.5 Å². The molecule has 30 heavy (non-hydrogen) atoms. The third-order valence-corrected chi connectivity index (χ3v) is 6.78. The van der Waals surface area contributed by atoms with Gasteiger partial charge in [-0.15, -0.1) is 0 Å². The molecule has 0 unspecified atom stereocenters. The molecule has 5 rings (SSSR count). The van der Waals surface area contributed by atoms with Crippen LogP contribution in [-0.4, -0.2) is 21.7 Å². The molecule has 1 spiro atoms. The second kappa shape index (κ2) is 7.24. The van der Waals surface area contributed by atoms with Gasteiger partial charge < -0.3 is 10.6 Å². The molecule has 1 aromatic heterocycles. The molecular formula is C21H19BrN5O2S+. The number of thioether (sulfide) groups is 1. The lowest BCUT2D eigenvalue weighted by molar-refractivity contribution is -0.781. The summed E-state index contributed by atoms with van der Waals surface area (Å²) in [6, 6.07) is 13.1. The van der Waals surface area contributed by atoms with E-state index >= 15 is 0 Å². The Balaban J connectivity index is 1.80. The van der Waals surface area contributed by atoms with Crippen molar-refractivity contribution >= 4 is 45.0 Å². The van der Waals surface area contributed by atoms with Crippen LogP contribution in [0.5, 0.6) is 0 Å². The Hall–Kier alpha value is -2.65. The second-order valence-electron chi connectivity index (χ2n) is 7.25. The third-order valence-electron chi connectivity index (χ3n) is 5.34. The summed E-state index contributed by atoms with van der Waals surface area (Å²) >= 11 is 4.99. The number of halogens is 1. The number of para-hydroxylation sites is 1. The van der Waals surface area contributed by atoms with Gasteiger partial charge in [0, 0.05) is 15.3 Å². The first kappa shape index (κ1) is 19.3. The standard InChI is InChI=1S/C21H18BrN5O2S/c1-2-3-10-30-20-24-18(28)17-13-6-4-5-7-15(13)25-21(27(17)26-20)14-11-12(22)8-9-16(14)23-19(21)29/h4-9,11H,2-3,10H2,1H3,(H2,23,24,26,28,29)/p+1/t21-/m0/s1. The van der Waals surface area contributed by atoms with Crippen molar-refractivity contribution in [3.05, 3.63) is 62.9 Å². The first-order chi connectivity index (χ1) is 14.5. The van der Waals surface area contributed by atoms with Crippen LogP contribution in [0.25, 0.3) is 11.3 Å². The molecule has 0 fully saturated rings. The Kier molecular flexibility index (Phi) is 4.67. The van der Waals surface area contributed by atoms with Crippen molar-refractivity contribution in [1.29, 1.82) is 0 Å². The molecular weight excluding hydrogens is 466 g/mol. The van der Waals surface area contributed by atoms with E-state index in [9.17, 15) is 9.59 Å². The molecule has 3 aromatic rings. The van der Waals surface area contributed by atoms with Crippen LogP contribution in [0.2, 0.25) is 0 Å². The van der Waals surface area contributed by atoms with E-state index in [0.717, 1.165) is 23.1 Å². The zero-order valence-corrected chi connectivity index (χ0v) is 18.6. The molecule has 1 amide bonds. The number of unbranched alkanes of at least 4 members (excludes halogenated alkanes) is 1. The van der Waals surface area contributed by atoms with Crippen molar-refractivity contribution < 1.29 is 9.48 Å². The molecule has 0 saturated carbocycles. The van der Waals surface area contributed by atoms with Crippen LogP contribution < -0.4 is 20.9 Å². The van der Waals surface area contributed by atoms with Crippen LogP contribution in [0.1, 0.15) is 25.3 Å². The lowest BCUT2D eigenvalue weighted by atomic mass is 9.95. The quantitative estimate of drug-likeness (QED) is 0.299. The maximum atomic E-state index is 13.4. The first-order valence-corrected chi connectivity index (χ1v) is 11.5. The van der Waals surface area contributed by atoms with Crippen LogP contribution in [0, 0.1) is 0 Å². The summed E-state index contributed by atoms with van der Waals surface area (Å²) in [5.74, 6) is 0.559. The number of carbonyl (C=O) groups excluding carboxylic acids is 1. The number of benzene rings is 2. The van der Waals surface area contributed by atoms with Gasteiger partial charge in [-0.2, -0.15) is 0 Å². The summed E-state index contributed by atoms with van der Waals surface area (Å²) in [6.07, 6.45) is 2.07. The van der Waals surface area contributed by atoms with Gasteiger partial charge in [0.25, 0.3) is 0 Å². The van der Waals surface area contributed by atoms with Gasteiger partial charge >= 0.3 is 22.8 Å². The highest BCUT2D eigenvalue weighted by molar-refractivity contribution is 9.10. The predicted molar refractivity (Wildman–Crippen MR) is 120 cm³/mol. The fourth-order valence-corrected chi connectivity index (χ4v) is 5.21. The summed E-state index contributed by atoms with van der Waals surface area (Å²) in [5.41, 5.74) is 1.55. The van der Waals surface area contributed by atoms with E-state index in [0.29, 0.717) is 33.4 Å². The van der Waals surface area contributed by atoms with E-state index in [2.05, 4.69) is 38.5 Å². The largest absolute Gasteiger partial charge is 0.374 e. The molecule has 152 valence electrons. The fourth-order valence-electron chi connectivity index (χ4n) is 3.92. The second-order valence-corrected chi connectivity index (χ2v) is 9.25. The van der Waals surface area contributed by atoms with Gasteiger partial charge in [0.1, 0.15) is 0 Å². The summed E-state index contributed by atoms with van der Waals surface area (Å²) < 4.78 is 2.39. The van der Waals surface area contributed by atoms with Crippen LogP contribution in [0.3, 0.4) is 0 Å². The number of H-pyrrole nitrogens is 1. The number of fused-ring (bicyclic) bond motifs is 6. The molecule has 0 radical (unpaired) electrons. The molecule has 3 N–H and O–H groups in total. The Bertz CT molecular complexity index is 1240. The van der Waals surface area contributed by atoms with Crippen LogP contribution in [-0.2, 0) is 10.5 Å². The molecule has 2 aliphatic heterocycles. The minimum Gasteiger partial charge on any atom is -0.317 e. The van der Waals surface area contributed by atoms with Crippen LogP contribution in [0.4, 0.5) is 11.4 Å². The summed E-state index contributed by atoms with van der Waals surface area (Å²) in [4.78, 5) is 29.5. The van der Waals surface area contributed by atoms with Gasteiger partial charge in [-0.3, -0.25) is 14.6 Å². The zero-order valence-electron chi connectivity index (χ0n) is 16.2. The van der Waals surface area contributed by atoms with E-state index in [1.807, 2.05) is 42.5 Å². The normalized spacial score (nSPS) is 18.4. The van der Waals surface area contributed by atoms with Crippen molar-refractivity contribution in [2.45, 2.75) is 30.6 Å². The molecule has 9 heteroatoms. The molecule has 0 bridgehead atoms. The van der Waals surface area contributed by atoms with Crippen LogP contribution in [0.15, 0.2) is 56.9 Å². The zero-order chi connectivity index (χ0) is 20.9. The fraction of sp³-hybridized carbons (Fsp3) is 0.238. The number of hydrogen-bond acceptors (Lipinski definition) is 5. The third kappa shape index (κ3) is 2.79. The summed E-state index contributed by atoms with van der Waals surface area (Å²) in [6.45, 7) is 2.12. The highest BCUT2D eigenvalue weighted by Gasteiger charge is 2.62. The number of hydrogen-bond donors (Lipinski definition) is 3. The first-order valence-electron chi connectivity index (χ1n) is 9.73. The summed E-state index contributed by atoms with van der Waals surface area (Å²) in [7, 11) is 0. The number of nitrogens with zero attached hydrogens (tertiary/aromatic N) is 2. The van der Waals surface area contributed by atoms with Gasteiger partial charge in [0.2, 0.25) is 5.16 Å². The molecule has 3 heterocycles. The van der Waals surface area contributed by atoms with Gasteiger partial charge in [-0.1, -0.05) is 53.2 Å². The molecule has 2 aromatic carbocycles. The van der Waals surface area contributed by atoms with Gasteiger partial charge in [0.15, 0.2) is 0 Å². The SMILES string of the molecule is CCCCSc1n[n+]2c(c(=O)[nH]1)-c1ccccc1N[C@]21C(=O)Nc2ccc(Br)cc21. The van der Waals surface area contributed by atoms with Crippen LogP contribution >= 0.6 is 27.7 Å². The van der Waals surface area contributed by atoms with Crippen molar-refractivity contribution in [2.24, 2.45) is 0 Å². The average molecular weight is 485 g/mol. The van der Waals surface area contributed by atoms with Crippen molar-refractivity contribution in [2.75, 3.05) is 16.4 Å². The summed E-state index contributed by atoms with van der Waals surface area (Å²) in [5, 5.41) is 11.6. The van der Waals surface area contributed by atoms with Crippen molar-refractivity contribution in [1.82, 2.24) is 10.1 Å². The minimum atomic E-state index is -1.35. The maximum absolute atomic E-state index is 13.4. The Morgan fingerprint density at radius 2 is 2.00 bits per heavy atom. The van der Waals surface area contributed by atoms with E-state index in [1.54, 1.807) is 4.68 Å². The van der Waals surface area contributed by atoms with Crippen molar-refractivity contribution in [3.8, 4) is 11.3 Å². The van der Waals surface area contributed by atoms with E-state index in [1.165, 1.54) is 11.8 Å². The van der Waals surface area contributed by atoms with Gasteiger partial charge in [-0.25, -0.2) is 0 Å². The Morgan fingerprint density at radius 3 is 2.83 bits per heavy atom. The van der Waals surface area contributed by atoms with Gasteiger partial charge in [-0.05, 0) is 41.4 Å². The Labute approximate surface area is 185 Å². The number of rotatable bonds is 4. The monoisotopic (exact) mass is 484 g/mol. The predicted octanol–water partition coefficient (Wildman–Crippen LogP) is 3.46. The molecule has 0 saturated heterocycles. The lowest BCUT2D eigenvalue weighted by Gasteiger charge is -2.28. The smallest absolute Gasteiger partial charge is 0.317 e. The number of aromatic amines is 1.